The van der Waals surface area contributed by atoms with Crippen LogP contribution in [0.1, 0.15) is 11.5 Å². The van der Waals surface area contributed by atoms with Crippen molar-refractivity contribution >= 4 is 18.0 Å². The summed E-state index contributed by atoms with van der Waals surface area (Å²) in [4.78, 5) is 12.0. The van der Waals surface area contributed by atoms with Crippen LogP contribution < -0.4 is 0 Å². The van der Waals surface area contributed by atoms with Gasteiger partial charge < -0.3 is 9.53 Å². The van der Waals surface area contributed by atoms with E-state index in [1.807, 2.05) is 30.5 Å². The van der Waals surface area contributed by atoms with Crippen molar-refractivity contribution in [2.75, 3.05) is 20.0 Å². The number of methoxy groups -OCH3 is 1. The van der Waals surface area contributed by atoms with Gasteiger partial charge in [0.25, 0.3) is 0 Å². The maximum Gasteiger partial charge on any atom is 0.129 e. The Balaban J connectivity index is 2.78. The molecule has 14 heavy (non-hydrogen) atoms. The van der Waals surface area contributed by atoms with Crippen LogP contribution in [0.4, 0.5) is 0 Å². The molecule has 1 rings (SSSR count). The summed E-state index contributed by atoms with van der Waals surface area (Å²) in [5.74, 6) is -0.143. The first-order chi connectivity index (χ1) is 6.81. The van der Waals surface area contributed by atoms with Crippen molar-refractivity contribution in [2.45, 2.75) is 10.8 Å². The zero-order chi connectivity index (χ0) is 10.4. The van der Waals surface area contributed by atoms with E-state index in [-0.39, 0.29) is 5.92 Å². The van der Waals surface area contributed by atoms with Gasteiger partial charge in [0, 0.05) is 12.0 Å². The summed E-state index contributed by atoms with van der Waals surface area (Å²) in [6.45, 7) is 0.447. The molecule has 1 unspecified atom stereocenters. The number of thioether (sulfide) groups is 1. The lowest BCUT2D eigenvalue weighted by atomic mass is 10.0. The van der Waals surface area contributed by atoms with E-state index >= 15 is 0 Å². The van der Waals surface area contributed by atoms with Crippen LogP contribution >= 0.6 is 11.8 Å². The van der Waals surface area contributed by atoms with Crippen molar-refractivity contribution in [2.24, 2.45) is 0 Å². The van der Waals surface area contributed by atoms with Crippen molar-refractivity contribution in [3.63, 3.8) is 0 Å². The summed E-state index contributed by atoms with van der Waals surface area (Å²) in [6, 6.07) is 7.99. The fourth-order valence-corrected chi connectivity index (χ4v) is 1.65. The van der Waals surface area contributed by atoms with E-state index in [1.165, 1.54) is 4.90 Å². The van der Waals surface area contributed by atoms with Gasteiger partial charge in [-0.25, -0.2) is 0 Å². The largest absolute Gasteiger partial charge is 0.384 e. The van der Waals surface area contributed by atoms with Gasteiger partial charge >= 0.3 is 0 Å². The lowest BCUT2D eigenvalue weighted by Crippen LogP contribution is -2.07. The minimum Gasteiger partial charge on any atom is -0.384 e. The van der Waals surface area contributed by atoms with Gasteiger partial charge in [0.05, 0.1) is 12.5 Å². The molecule has 0 spiro atoms. The highest BCUT2D eigenvalue weighted by Gasteiger charge is 2.09. The molecule has 0 fully saturated rings. The average Bonchev–Trinajstić information content (AvgIpc) is 2.26. The zero-order valence-corrected chi connectivity index (χ0v) is 9.21. The van der Waals surface area contributed by atoms with Crippen molar-refractivity contribution in [1.29, 1.82) is 0 Å². The van der Waals surface area contributed by atoms with E-state index in [1.54, 1.807) is 18.9 Å². The molecule has 0 aliphatic rings. The number of rotatable bonds is 5. The highest BCUT2D eigenvalue weighted by atomic mass is 32.2. The standard InChI is InChI=1S/C11H14O2S/c1-13-8-10(7-12)9-3-5-11(14-2)6-4-9/h3-7,10H,8H2,1-2H3. The lowest BCUT2D eigenvalue weighted by Gasteiger charge is -2.09. The molecule has 0 amide bonds. The van der Waals surface area contributed by atoms with E-state index in [9.17, 15) is 4.79 Å². The monoisotopic (exact) mass is 210 g/mol. The topological polar surface area (TPSA) is 26.3 Å². The second-order valence-electron chi connectivity index (χ2n) is 2.97. The molecule has 1 atom stereocenters. The van der Waals surface area contributed by atoms with E-state index in [0.717, 1.165) is 11.8 Å². The van der Waals surface area contributed by atoms with Gasteiger partial charge in [-0.3, -0.25) is 0 Å². The molecule has 0 aliphatic carbocycles. The number of carbonyl (C=O) groups excluding carboxylic acids is 1. The number of carbonyl (C=O) groups is 1. The molecule has 0 aromatic heterocycles. The Hall–Kier alpha value is -0.800. The zero-order valence-electron chi connectivity index (χ0n) is 8.40. The second kappa shape index (κ2) is 5.83. The summed E-state index contributed by atoms with van der Waals surface area (Å²) in [7, 11) is 1.60. The van der Waals surface area contributed by atoms with Crippen LogP contribution in [0, 0.1) is 0 Å². The molecule has 0 N–H and O–H groups in total. The fraction of sp³-hybridized carbons (Fsp3) is 0.364. The third-order valence-electron chi connectivity index (χ3n) is 2.05. The number of hydrogen-bond donors (Lipinski definition) is 0. The first kappa shape index (κ1) is 11.3. The Morgan fingerprint density at radius 1 is 1.43 bits per heavy atom. The Morgan fingerprint density at radius 3 is 2.50 bits per heavy atom. The Bertz CT molecular complexity index is 282. The quantitative estimate of drug-likeness (QED) is 0.551. The predicted molar refractivity (Wildman–Crippen MR) is 58.9 cm³/mol. The molecule has 76 valence electrons. The summed E-state index contributed by atoms with van der Waals surface area (Å²) in [5.41, 5.74) is 1.01. The van der Waals surface area contributed by atoms with Crippen molar-refractivity contribution in [3.8, 4) is 0 Å². The Kier molecular flexibility index (Phi) is 4.70. The molecule has 0 radical (unpaired) electrons. The van der Waals surface area contributed by atoms with Crippen LogP contribution in [0.5, 0.6) is 0 Å². The fourth-order valence-electron chi connectivity index (χ4n) is 1.24. The number of benzene rings is 1. The molecule has 0 heterocycles. The van der Waals surface area contributed by atoms with Crippen molar-refractivity contribution in [1.82, 2.24) is 0 Å². The first-order valence-corrected chi connectivity index (χ1v) is 5.62. The summed E-state index contributed by atoms with van der Waals surface area (Å²) in [5, 5.41) is 0. The van der Waals surface area contributed by atoms with Crippen LogP contribution in [0.3, 0.4) is 0 Å². The van der Waals surface area contributed by atoms with Crippen molar-refractivity contribution < 1.29 is 9.53 Å². The van der Waals surface area contributed by atoms with Gasteiger partial charge in [-0.15, -0.1) is 11.8 Å². The van der Waals surface area contributed by atoms with Gasteiger partial charge in [0.1, 0.15) is 6.29 Å². The van der Waals surface area contributed by atoms with Gasteiger partial charge in [-0.05, 0) is 24.0 Å². The molecule has 0 bridgehead atoms. The number of ether oxygens (including phenoxy) is 1. The van der Waals surface area contributed by atoms with Gasteiger partial charge in [-0.1, -0.05) is 12.1 Å². The smallest absolute Gasteiger partial charge is 0.129 e. The molecule has 1 aromatic rings. The van der Waals surface area contributed by atoms with Crippen molar-refractivity contribution in [3.05, 3.63) is 29.8 Å². The van der Waals surface area contributed by atoms with Crippen LogP contribution in [0.25, 0.3) is 0 Å². The third-order valence-corrected chi connectivity index (χ3v) is 2.80. The molecule has 3 heteroatoms. The molecule has 0 saturated carbocycles. The Morgan fingerprint density at radius 2 is 2.07 bits per heavy atom. The van der Waals surface area contributed by atoms with Crippen LogP contribution in [0.2, 0.25) is 0 Å². The third kappa shape index (κ3) is 2.86. The molecular formula is C11H14O2S. The van der Waals surface area contributed by atoms with Gasteiger partial charge in [0.2, 0.25) is 0 Å². The van der Waals surface area contributed by atoms with Crippen LogP contribution in [-0.2, 0) is 9.53 Å². The maximum absolute atomic E-state index is 10.8. The SMILES string of the molecule is COCC(C=O)c1ccc(SC)cc1. The highest BCUT2D eigenvalue weighted by molar-refractivity contribution is 7.98. The van der Waals surface area contributed by atoms with Crippen LogP contribution in [0.15, 0.2) is 29.2 Å². The molecule has 0 saturated heterocycles. The molecule has 0 aliphatic heterocycles. The van der Waals surface area contributed by atoms with E-state index < -0.39 is 0 Å². The minimum absolute atomic E-state index is 0.143. The second-order valence-corrected chi connectivity index (χ2v) is 3.85. The first-order valence-electron chi connectivity index (χ1n) is 4.40. The Labute approximate surface area is 88.7 Å². The summed E-state index contributed by atoms with van der Waals surface area (Å²) in [6.07, 6.45) is 2.96. The molecule has 2 nitrogen and oxygen atoms in total. The van der Waals surface area contributed by atoms with E-state index in [2.05, 4.69) is 0 Å². The highest BCUT2D eigenvalue weighted by Crippen LogP contribution is 2.19. The van der Waals surface area contributed by atoms with E-state index in [0.29, 0.717) is 6.61 Å². The number of aldehydes is 1. The average molecular weight is 210 g/mol. The predicted octanol–water partition coefficient (Wildman–Crippen LogP) is 2.34. The molecular weight excluding hydrogens is 196 g/mol. The maximum atomic E-state index is 10.8. The lowest BCUT2D eigenvalue weighted by molar-refractivity contribution is -0.110. The van der Waals surface area contributed by atoms with Gasteiger partial charge in [0.15, 0.2) is 0 Å². The summed E-state index contributed by atoms with van der Waals surface area (Å²) < 4.78 is 4.97. The summed E-state index contributed by atoms with van der Waals surface area (Å²) >= 11 is 1.69. The number of hydrogen-bond acceptors (Lipinski definition) is 3. The van der Waals surface area contributed by atoms with Crippen LogP contribution in [-0.4, -0.2) is 26.3 Å². The minimum atomic E-state index is -0.143. The van der Waals surface area contributed by atoms with E-state index in [4.69, 9.17) is 4.74 Å². The normalized spacial score (nSPS) is 12.4. The van der Waals surface area contributed by atoms with Gasteiger partial charge in [-0.2, -0.15) is 0 Å². The molecule has 1 aromatic carbocycles.